The molecule has 21 heavy (non-hydrogen) atoms. The van der Waals surface area contributed by atoms with Crippen LogP contribution in [0.3, 0.4) is 0 Å². The lowest BCUT2D eigenvalue weighted by Crippen LogP contribution is -2.28. The van der Waals surface area contributed by atoms with Crippen LogP contribution in [0, 0.1) is 0 Å². The minimum atomic E-state index is -1.08. The van der Waals surface area contributed by atoms with Crippen LogP contribution < -0.4 is 5.32 Å². The number of rotatable bonds is 10. The molecule has 0 saturated carbocycles. The summed E-state index contributed by atoms with van der Waals surface area (Å²) in [5.74, 6) is -0.499. The zero-order chi connectivity index (χ0) is 15.7. The largest absolute Gasteiger partial charge is 0.476 e. The predicted octanol–water partition coefficient (Wildman–Crippen LogP) is 1.07. The van der Waals surface area contributed by atoms with E-state index in [1.54, 1.807) is 0 Å². The number of likely N-dealkylation sites (N-methyl/N-ethyl adjacent to an activating group) is 1. The van der Waals surface area contributed by atoms with E-state index in [1.165, 1.54) is 12.4 Å². The highest BCUT2D eigenvalue weighted by atomic mass is 16.4. The molecule has 1 aromatic rings. The van der Waals surface area contributed by atoms with Crippen molar-refractivity contribution in [2.45, 2.75) is 32.7 Å². The maximum absolute atomic E-state index is 10.7. The van der Waals surface area contributed by atoms with Crippen LogP contribution in [-0.2, 0) is 0 Å². The molecule has 0 aliphatic rings. The Hall–Kier alpha value is -1.73. The molecule has 7 heteroatoms. The highest BCUT2D eigenvalue weighted by molar-refractivity contribution is 5.84. The number of carboxylic acids is 1. The van der Waals surface area contributed by atoms with Crippen LogP contribution in [0.25, 0.3) is 0 Å². The molecule has 3 N–H and O–H groups in total. The van der Waals surface area contributed by atoms with Crippen molar-refractivity contribution in [2.75, 3.05) is 31.6 Å². The summed E-state index contributed by atoms with van der Waals surface area (Å²) in [4.78, 5) is 20.7. The van der Waals surface area contributed by atoms with Gasteiger partial charge in [0.1, 0.15) is 5.82 Å². The number of carboxylic acid groups (broad SMARTS) is 1. The molecule has 1 atom stereocenters. The van der Waals surface area contributed by atoms with Gasteiger partial charge in [0, 0.05) is 12.6 Å². The molecule has 1 heterocycles. The van der Waals surface area contributed by atoms with E-state index in [-0.39, 0.29) is 18.3 Å². The van der Waals surface area contributed by atoms with E-state index in [1.807, 2.05) is 0 Å². The Morgan fingerprint density at radius 1 is 1.38 bits per heavy atom. The van der Waals surface area contributed by atoms with Gasteiger partial charge in [-0.05, 0) is 32.9 Å². The van der Waals surface area contributed by atoms with Gasteiger partial charge in [-0.2, -0.15) is 0 Å². The summed E-state index contributed by atoms with van der Waals surface area (Å²) < 4.78 is 0. The predicted molar refractivity (Wildman–Crippen MR) is 80.5 cm³/mol. The first-order valence-corrected chi connectivity index (χ1v) is 7.21. The molecule has 1 aromatic heterocycles. The zero-order valence-corrected chi connectivity index (χ0v) is 12.6. The third kappa shape index (κ3) is 6.50. The average Bonchev–Trinajstić information content (AvgIpc) is 2.46. The number of nitrogens with zero attached hydrogens (tertiary/aromatic N) is 3. The Bertz CT molecular complexity index is 425. The van der Waals surface area contributed by atoms with Crippen molar-refractivity contribution in [2.24, 2.45) is 0 Å². The normalized spacial score (nSPS) is 12.4. The number of hydrogen-bond acceptors (Lipinski definition) is 6. The van der Waals surface area contributed by atoms with Gasteiger partial charge in [-0.15, -0.1) is 0 Å². The molecule has 1 unspecified atom stereocenters. The van der Waals surface area contributed by atoms with E-state index in [2.05, 4.69) is 34.0 Å². The average molecular weight is 296 g/mol. The molecule has 0 fully saturated rings. The lowest BCUT2D eigenvalue weighted by molar-refractivity contribution is 0.0690. The summed E-state index contributed by atoms with van der Waals surface area (Å²) >= 11 is 0. The topological polar surface area (TPSA) is 98.6 Å². The highest BCUT2D eigenvalue weighted by Gasteiger charge is 2.08. The summed E-state index contributed by atoms with van der Waals surface area (Å²) in [6.45, 7) is 6.91. The van der Waals surface area contributed by atoms with Crippen molar-refractivity contribution < 1.29 is 15.0 Å². The smallest absolute Gasteiger partial charge is 0.356 e. The van der Waals surface area contributed by atoms with Gasteiger partial charge in [-0.25, -0.2) is 14.8 Å². The third-order valence-electron chi connectivity index (χ3n) is 3.24. The fourth-order valence-electron chi connectivity index (χ4n) is 2.03. The van der Waals surface area contributed by atoms with Crippen LogP contribution in [0.5, 0.6) is 0 Å². The molecule has 0 bridgehead atoms. The van der Waals surface area contributed by atoms with E-state index in [4.69, 9.17) is 10.2 Å². The zero-order valence-electron chi connectivity index (χ0n) is 12.6. The molecule has 0 radical (unpaired) electrons. The second-order valence-electron chi connectivity index (χ2n) is 4.94. The molecule has 7 nitrogen and oxygen atoms in total. The van der Waals surface area contributed by atoms with Crippen LogP contribution in [0.4, 0.5) is 5.82 Å². The molecule has 0 aliphatic carbocycles. The quantitative estimate of drug-likeness (QED) is 0.594. The van der Waals surface area contributed by atoms with Crippen molar-refractivity contribution in [3.8, 4) is 0 Å². The highest BCUT2D eigenvalue weighted by Crippen LogP contribution is 2.07. The van der Waals surface area contributed by atoms with E-state index < -0.39 is 5.97 Å². The van der Waals surface area contributed by atoms with Crippen molar-refractivity contribution in [1.82, 2.24) is 14.9 Å². The van der Waals surface area contributed by atoms with Gasteiger partial charge in [-0.1, -0.05) is 6.92 Å². The van der Waals surface area contributed by atoms with Gasteiger partial charge in [0.2, 0.25) is 0 Å². The van der Waals surface area contributed by atoms with Gasteiger partial charge in [0.25, 0.3) is 0 Å². The van der Waals surface area contributed by atoms with Gasteiger partial charge in [-0.3, -0.25) is 0 Å². The Kier molecular flexibility index (Phi) is 7.63. The van der Waals surface area contributed by atoms with Crippen LogP contribution in [0.2, 0.25) is 0 Å². The second-order valence-corrected chi connectivity index (χ2v) is 4.94. The maximum atomic E-state index is 10.7. The fourth-order valence-corrected chi connectivity index (χ4v) is 2.03. The lowest BCUT2D eigenvalue weighted by atomic mass is 10.1. The van der Waals surface area contributed by atoms with Gasteiger partial charge >= 0.3 is 5.97 Å². The van der Waals surface area contributed by atoms with Crippen molar-refractivity contribution in [1.29, 1.82) is 0 Å². The number of aromatic carboxylic acids is 1. The Morgan fingerprint density at radius 3 is 2.67 bits per heavy atom. The number of nitrogens with one attached hydrogen (secondary N) is 1. The lowest BCUT2D eigenvalue weighted by Gasteiger charge is -2.20. The van der Waals surface area contributed by atoms with Crippen molar-refractivity contribution in [3.63, 3.8) is 0 Å². The molecule has 1 rings (SSSR count). The second kappa shape index (κ2) is 9.25. The summed E-state index contributed by atoms with van der Waals surface area (Å²) in [6.07, 6.45) is 4.66. The summed E-state index contributed by atoms with van der Waals surface area (Å²) in [7, 11) is 0. The molecule has 0 amide bonds. The molecule has 0 aromatic carbocycles. The fraction of sp³-hybridized carbons (Fsp3) is 0.643. The monoisotopic (exact) mass is 296 g/mol. The SMILES string of the molecule is CCN(CCO)CCCC(C)Nc1cnc(C(=O)O)cn1. The van der Waals surface area contributed by atoms with Crippen molar-refractivity contribution in [3.05, 3.63) is 18.1 Å². The first-order chi connectivity index (χ1) is 10.1. The van der Waals surface area contributed by atoms with E-state index in [0.29, 0.717) is 12.4 Å². The minimum Gasteiger partial charge on any atom is -0.476 e. The van der Waals surface area contributed by atoms with Crippen molar-refractivity contribution >= 4 is 11.8 Å². The van der Waals surface area contributed by atoms with E-state index in [0.717, 1.165) is 25.9 Å². The maximum Gasteiger partial charge on any atom is 0.356 e. The number of carbonyl (C=O) groups is 1. The number of anilines is 1. The molecular formula is C14H24N4O3. The van der Waals surface area contributed by atoms with Gasteiger partial charge in [0.15, 0.2) is 5.69 Å². The minimum absolute atomic E-state index is 0.0594. The summed E-state index contributed by atoms with van der Waals surface area (Å²) in [6, 6.07) is 0.225. The van der Waals surface area contributed by atoms with Crippen LogP contribution in [0.15, 0.2) is 12.4 Å². The molecule has 118 valence electrons. The Morgan fingerprint density at radius 2 is 2.14 bits per heavy atom. The molecule has 0 aliphatic heterocycles. The molecule has 0 saturated heterocycles. The van der Waals surface area contributed by atoms with E-state index >= 15 is 0 Å². The third-order valence-corrected chi connectivity index (χ3v) is 3.24. The van der Waals surface area contributed by atoms with Gasteiger partial charge < -0.3 is 20.4 Å². The summed E-state index contributed by atoms with van der Waals surface area (Å²) in [5.41, 5.74) is -0.0594. The van der Waals surface area contributed by atoms with E-state index in [9.17, 15) is 4.79 Å². The van der Waals surface area contributed by atoms with Gasteiger partial charge in [0.05, 0.1) is 19.0 Å². The van der Waals surface area contributed by atoms with Crippen LogP contribution in [0.1, 0.15) is 37.2 Å². The number of aromatic nitrogens is 2. The first kappa shape index (κ1) is 17.3. The number of aliphatic hydroxyl groups is 1. The Labute approximate surface area is 125 Å². The number of aliphatic hydroxyl groups excluding tert-OH is 1. The Balaban J connectivity index is 2.32. The van der Waals surface area contributed by atoms with Crippen LogP contribution in [-0.4, -0.2) is 63.3 Å². The molecule has 0 spiro atoms. The summed E-state index contributed by atoms with van der Waals surface area (Å²) in [5, 5.41) is 20.9. The number of hydrogen-bond donors (Lipinski definition) is 3. The van der Waals surface area contributed by atoms with Crippen LogP contribution >= 0.6 is 0 Å². The molecular weight excluding hydrogens is 272 g/mol. The standard InChI is InChI=1S/C14H24N4O3/c1-3-18(7-8-19)6-4-5-11(2)17-13-10-15-12(9-16-13)14(20)21/h9-11,19H,3-8H2,1-2H3,(H,16,17)(H,20,21). The first-order valence-electron chi connectivity index (χ1n) is 7.21.